The minimum Gasteiger partial charge on any atom is -0.367 e. The fourth-order valence-electron chi connectivity index (χ4n) is 10.7. The van der Waals surface area contributed by atoms with Crippen LogP contribution in [0, 0.1) is 0 Å². The second kappa shape index (κ2) is 17.7. The first kappa shape index (κ1) is 43.1. The lowest BCUT2D eigenvalue weighted by atomic mass is 9.96. The topological polar surface area (TPSA) is 180 Å². The smallest absolute Gasteiger partial charge is 0.329 e. The fraction of sp³-hybridized carbons (Fsp3) is 0.479. The number of hydrazine groups is 1. The molecule has 0 bridgehead atoms. The highest BCUT2D eigenvalue weighted by molar-refractivity contribution is 6.47. The Morgan fingerprint density at radius 1 is 0.940 bits per heavy atom. The highest BCUT2D eigenvalue weighted by Crippen LogP contribution is 2.33. The minimum atomic E-state index is -0.977. The zero-order valence-corrected chi connectivity index (χ0v) is 37.9. The molecule has 0 radical (unpaired) electrons. The Kier molecular flexibility index (Phi) is 11.4. The van der Waals surface area contributed by atoms with E-state index in [9.17, 15) is 23.6 Å². The average molecular weight is 913 g/mol. The molecule has 2 unspecified atom stereocenters. The van der Waals surface area contributed by atoms with Crippen molar-refractivity contribution < 1.29 is 18.8 Å². The Bertz CT molecular complexity index is 2750. The van der Waals surface area contributed by atoms with Crippen molar-refractivity contribution in [1.29, 1.82) is 0 Å². The van der Waals surface area contributed by atoms with E-state index in [0.29, 0.717) is 42.3 Å². The first-order chi connectivity index (χ1) is 32.6. The molecule has 350 valence electrons. The molecule has 11 rings (SSSR count). The van der Waals surface area contributed by atoms with Crippen LogP contribution in [0.2, 0.25) is 0 Å². The van der Waals surface area contributed by atoms with E-state index in [0.717, 1.165) is 105 Å². The van der Waals surface area contributed by atoms with Gasteiger partial charge in [-0.15, -0.1) is 0 Å². The summed E-state index contributed by atoms with van der Waals surface area (Å²) in [5.74, 6) is 0.264. The number of aryl methyl sites for hydroxylation is 1. The van der Waals surface area contributed by atoms with Gasteiger partial charge >= 0.3 is 5.69 Å². The summed E-state index contributed by atoms with van der Waals surface area (Å²) in [7, 11) is 3.46. The number of imide groups is 1. The van der Waals surface area contributed by atoms with Crippen LogP contribution in [-0.4, -0.2) is 159 Å². The zero-order valence-electron chi connectivity index (χ0n) is 37.9. The largest absolute Gasteiger partial charge is 0.367 e. The van der Waals surface area contributed by atoms with Crippen molar-refractivity contribution >= 4 is 51.7 Å². The molecule has 4 aromatic rings. The molecular weight excluding hydrogens is 856 g/mol. The third-order valence-corrected chi connectivity index (χ3v) is 14.7. The number of amidine groups is 1. The van der Waals surface area contributed by atoms with E-state index in [1.54, 1.807) is 28.2 Å². The van der Waals surface area contributed by atoms with Gasteiger partial charge in [-0.1, -0.05) is 24.3 Å². The van der Waals surface area contributed by atoms with Crippen LogP contribution in [0.25, 0.3) is 22.3 Å². The molecule has 1 saturated carbocycles. The van der Waals surface area contributed by atoms with Gasteiger partial charge in [0.15, 0.2) is 5.84 Å². The maximum absolute atomic E-state index is 13.5. The molecule has 2 aromatic heterocycles. The van der Waals surface area contributed by atoms with Gasteiger partial charge in [-0.05, 0) is 68.2 Å². The predicted octanol–water partition coefficient (Wildman–Crippen LogP) is 2.00. The zero-order chi connectivity index (χ0) is 45.9. The maximum atomic E-state index is 13.5. The monoisotopic (exact) mass is 912 g/mol. The number of hydrogen-bond acceptors (Lipinski definition) is 14. The lowest BCUT2D eigenvalue weighted by Gasteiger charge is -2.52. The molecule has 67 heavy (non-hydrogen) atoms. The van der Waals surface area contributed by atoms with E-state index in [1.165, 1.54) is 5.56 Å². The summed E-state index contributed by atoms with van der Waals surface area (Å²) in [5.41, 5.74) is 10.2. The van der Waals surface area contributed by atoms with Crippen molar-refractivity contribution in [3.63, 3.8) is 0 Å². The number of para-hydroxylation sites is 1. The second-order valence-electron chi connectivity index (χ2n) is 18.9. The van der Waals surface area contributed by atoms with Crippen LogP contribution in [-0.2, 0) is 28.0 Å². The van der Waals surface area contributed by atoms with Gasteiger partial charge in [0.25, 0.3) is 0 Å². The van der Waals surface area contributed by atoms with Crippen LogP contribution in [0.1, 0.15) is 43.7 Å². The highest BCUT2D eigenvalue weighted by atomic mass is 19.1. The molecular formula is C48H57FN14O4. The van der Waals surface area contributed by atoms with Crippen molar-refractivity contribution in [2.75, 3.05) is 76.2 Å². The normalized spacial score (nSPS) is 25.9. The summed E-state index contributed by atoms with van der Waals surface area (Å²) in [4.78, 5) is 75.0. The fourth-order valence-corrected chi connectivity index (χ4v) is 10.7. The highest BCUT2D eigenvalue weighted by Gasteiger charge is 2.44. The van der Waals surface area contributed by atoms with Gasteiger partial charge in [-0.3, -0.25) is 68.9 Å². The predicted molar refractivity (Wildman–Crippen MR) is 253 cm³/mol. The maximum Gasteiger partial charge on any atom is 0.329 e. The molecule has 19 heteroatoms. The number of aliphatic imine (C=N–C) groups is 2. The summed E-state index contributed by atoms with van der Waals surface area (Å²) >= 11 is 0. The molecule has 6 aliphatic heterocycles. The molecule has 2 aromatic carbocycles. The van der Waals surface area contributed by atoms with Gasteiger partial charge in [-0.25, -0.2) is 9.18 Å². The number of hydrogen-bond donors (Lipinski definition) is 4. The number of alkyl halides is 1. The third-order valence-electron chi connectivity index (χ3n) is 14.7. The van der Waals surface area contributed by atoms with Crippen LogP contribution in [0.3, 0.4) is 0 Å². The van der Waals surface area contributed by atoms with Crippen LogP contribution < -0.4 is 32.0 Å². The first-order valence-corrected chi connectivity index (χ1v) is 23.6. The third kappa shape index (κ3) is 8.37. The van der Waals surface area contributed by atoms with E-state index < -0.39 is 30.2 Å². The Morgan fingerprint density at radius 2 is 1.73 bits per heavy atom. The van der Waals surface area contributed by atoms with Crippen molar-refractivity contribution in [1.82, 2.24) is 49.9 Å². The van der Waals surface area contributed by atoms with E-state index >= 15 is 0 Å². The van der Waals surface area contributed by atoms with Gasteiger partial charge < -0.3 is 15.5 Å². The molecule has 4 saturated heterocycles. The Morgan fingerprint density at radius 3 is 2.46 bits per heavy atom. The second-order valence-corrected chi connectivity index (χ2v) is 18.9. The number of imidazole rings is 1. The molecule has 3 amide bonds. The van der Waals surface area contributed by atoms with Gasteiger partial charge in [0.1, 0.15) is 29.8 Å². The van der Waals surface area contributed by atoms with E-state index in [2.05, 4.69) is 69.2 Å². The molecule has 0 spiro atoms. The number of carbonyl (C=O) groups is 3. The van der Waals surface area contributed by atoms with Gasteiger partial charge in [-0.2, -0.15) is 0 Å². The van der Waals surface area contributed by atoms with Gasteiger partial charge in [0.05, 0.1) is 35.0 Å². The van der Waals surface area contributed by atoms with Crippen LogP contribution in [0.4, 0.5) is 15.8 Å². The number of fused-ring (bicyclic) bond motifs is 2. The van der Waals surface area contributed by atoms with Crippen molar-refractivity contribution in [2.24, 2.45) is 17.0 Å². The summed E-state index contributed by atoms with van der Waals surface area (Å²) < 4.78 is 16.7. The Labute approximate surface area is 387 Å². The number of halogens is 1. The van der Waals surface area contributed by atoms with Crippen molar-refractivity contribution in [2.45, 2.75) is 75.0 Å². The summed E-state index contributed by atoms with van der Waals surface area (Å²) in [6, 6.07) is 17.7. The molecule has 4 atom stereocenters. The molecule has 8 heterocycles. The SMILES string of the molecule is CN=C1C=C(Nc2cccc(-c3ccc(CN4CCC(N5CC(N6CCN(c7cccc8c7n(C)c(=O)n8C7CCC(=O)NC7=O)CC6)C5)CC4)cn3)c2)NN2C1=NCC2C(=O)N[C@@H]1C[C@@H]1F. The molecule has 18 nitrogen and oxygen atoms in total. The van der Waals surface area contributed by atoms with Gasteiger partial charge in [0, 0.05) is 108 Å². The Balaban J connectivity index is 0.638. The number of pyridine rings is 1. The van der Waals surface area contributed by atoms with Crippen molar-refractivity contribution in [3.8, 4) is 11.3 Å². The van der Waals surface area contributed by atoms with E-state index in [4.69, 9.17) is 4.98 Å². The standard InChI is InChI=1S/C48H57FN14O4/c1-50-37-23-42(56-63-41(25-52-45(37)63)47(66)54-36-22-34(36)49)53-31-6-3-5-30(21-31)35-10-9-29(24-51-35)26-58-15-13-32(14-16-58)61-27-33(28-61)59-17-19-60(20-18-59)38-7-4-8-39-44(38)57(2)48(67)62(39)40-11-12-43(64)55-46(40)65/h3-10,21,23-24,32-34,36,40-41,53,56H,11-20,22,25-28H2,1-2H3,(H,54,66)(H,55,64,65)/t34-,36+,40?,41?/m0/s1. The number of benzene rings is 2. The van der Waals surface area contributed by atoms with Crippen LogP contribution in [0.5, 0.6) is 0 Å². The van der Waals surface area contributed by atoms with E-state index in [-0.39, 0.29) is 30.5 Å². The Hall–Kier alpha value is -6.44. The van der Waals surface area contributed by atoms with E-state index in [1.807, 2.05) is 48.7 Å². The first-order valence-electron chi connectivity index (χ1n) is 23.6. The minimum absolute atomic E-state index is 0.219. The molecule has 4 N–H and O–H groups in total. The van der Waals surface area contributed by atoms with Crippen molar-refractivity contribution in [3.05, 3.63) is 88.7 Å². The summed E-state index contributed by atoms with van der Waals surface area (Å²) in [5, 5.41) is 10.3. The van der Waals surface area contributed by atoms with Crippen LogP contribution >= 0.6 is 0 Å². The number of aromatic nitrogens is 3. The number of piperidine rings is 2. The number of likely N-dealkylation sites (tertiary alicyclic amines) is 2. The van der Waals surface area contributed by atoms with Crippen LogP contribution in [0.15, 0.2) is 87.5 Å². The quantitative estimate of drug-likeness (QED) is 0.161. The number of anilines is 2. The molecule has 7 aliphatic rings. The summed E-state index contributed by atoms with van der Waals surface area (Å²) in [6.07, 6.45) is 6.09. The number of amides is 3. The van der Waals surface area contributed by atoms with Gasteiger partial charge in [0.2, 0.25) is 17.7 Å². The number of piperazine rings is 1. The molecule has 5 fully saturated rings. The lowest BCUT2D eigenvalue weighted by molar-refractivity contribution is -0.135. The number of nitrogens with zero attached hydrogens (tertiary/aromatic N) is 10. The number of nitrogens with one attached hydrogen (secondary N) is 4. The number of carbonyl (C=O) groups excluding carboxylic acids is 3. The molecule has 1 aliphatic carbocycles. The lowest BCUT2D eigenvalue weighted by Crippen LogP contribution is -2.65. The summed E-state index contributed by atoms with van der Waals surface area (Å²) in [6.45, 7) is 9.09. The average Bonchev–Trinajstić information content (AvgIpc) is 3.73. The number of rotatable bonds is 11.